The number of fused-ring (bicyclic) bond motifs is 5. The Bertz CT molecular complexity index is 680. The first-order chi connectivity index (χ1) is 11.8. The molecule has 136 valence electrons. The number of rotatable bonds is 1. The normalized spacial score (nSPS) is 46.0. The molecule has 4 rings (SSSR count). The van der Waals surface area contributed by atoms with Crippen molar-refractivity contribution in [1.29, 1.82) is 0 Å². The molecule has 0 aromatic carbocycles. The van der Waals surface area contributed by atoms with Crippen molar-refractivity contribution in [3.63, 3.8) is 0 Å². The van der Waals surface area contributed by atoms with Crippen LogP contribution >= 0.6 is 0 Å². The average Bonchev–Trinajstić information content (AvgIpc) is 2.86. The highest BCUT2D eigenvalue weighted by molar-refractivity contribution is 6.05. The molecule has 0 amide bonds. The van der Waals surface area contributed by atoms with Crippen LogP contribution in [-0.2, 0) is 9.59 Å². The van der Waals surface area contributed by atoms with Crippen LogP contribution in [0.25, 0.3) is 0 Å². The van der Waals surface area contributed by atoms with E-state index in [0.717, 1.165) is 12.0 Å². The molecular weight excluding hydrogens is 308 g/mol. The standard InChI is InChI=1S/C23H32O2/c1-14(2)11-15-5-6-18-17-13-21(25)20-12-16(24)7-9-23(20,4)19(17)8-10-22(15,18)3/h11-12,15,17-19H,5-10,13H2,1-4H3/t15-,17+,18+,19+,22-,23-/m1/s1. The maximum Gasteiger partial charge on any atom is 0.159 e. The van der Waals surface area contributed by atoms with Crippen molar-refractivity contribution in [3.8, 4) is 0 Å². The summed E-state index contributed by atoms with van der Waals surface area (Å²) in [6, 6.07) is 0. The van der Waals surface area contributed by atoms with Gasteiger partial charge in [-0.2, -0.15) is 0 Å². The molecule has 0 unspecified atom stereocenters. The van der Waals surface area contributed by atoms with Crippen LogP contribution in [0.2, 0.25) is 0 Å². The van der Waals surface area contributed by atoms with E-state index in [2.05, 4.69) is 33.8 Å². The summed E-state index contributed by atoms with van der Waals surface area (Å²) in [7, 11) is 0. The lowest BCUT2D eigenvalue weighted by Gasteiger charge is -2.57. The van der Waals surface area contributed by atoms with Gasteiger partial charge < -0.3 is 0 Å². The second-order valence-corrected chi connectivity index (χ2v) is 9.92. The molecule has 3 fully saturated rings. The Balaban J connectivity index is 1.70. The molecule has 0 bridgehead atoms. The van der Waals surface area contributed by atoms with Gasteiger partial charge in [0.15, 0.2) is 11.6 Å². The lowest BCUT2D eigenvalue weighted by Crippen LogP contribution is -2.52. The fraction of sp³-hybridized carbons (Fsp3) is 0.739. The number of Topliss-reactive ketones (excluding diaryl/α,β-unsaturated/α-hetero) is 1. The first kappa shape index (κ1) is 17.2. The Hall–Kier alpha value is -1.18. The number of ketones is 2. The lowest BCUT2D eigenvalue weighted by atomic mass is 9.46. The highest BCUT2D eigenvalue weighted by Crippen LogP contribution is 2.66. The van der Waals surface area contributed by atoms with Crippen LogP contribution in [0.3, 0.4) is 0 Å². The van der Waals surface area contributed by atoms with E-state index in [1.165, 1.54) is 31.3 Å². The van der Waals surface area contributed by atoms with Crippen LogP contribution in [-0.4, -0.2) is 11.6 Å². The first-order valence-electron chi connectivity index (χ1n) is 10.2. The number of carbonyl (C=O) groups is 2. The Kier molecular flexibility index (Phi) is 3.90. The molecule has 0 aromatic heterocycles. The minimum Gasteiger partial charge on any atom is -0.295 e. The maximum atomic E-state index is 13.0. The molecule has 2 heteroatoms. The van der Waals surface area contributed by atoms with Gasteiger partial charge in [0.25, 0.3) is 0 Å². The highest BCUT2D eigenvalue weighted by atomic mass is 16.1. The van der Waals surface area contributed by atoms with Crippen molar-refractivity contribution in [1.82, 2.24) is 0 Å². The zero-order chi connectivity index (χ0) is 18.0. The van der Waals surface area contributed by atoms with E-state index in [0.29, 0.717) is 41.9 Å². The lowest BCUT2D eigenvalue weighted by molar-refractivity contribution is -0.130. The molecule has 2 nitrogen and oxygen atoms in total. The molecular formula is C23H32O2. The van der Waals surface area contributed by atoms with Crippen molar-refractivity contribution < 1.29 is 9.59 Å². The summed E-state index contributed by atoms with van der Waals surface area (Å²) in [5, 5.41) is 0. The van der Waals surface area contributed by atoms with Gasteiger partial charge in [0.2, 0.25) is 0 Å². The van der Waals surface area contributed by atoms with Gasteiger partial charge in [-0.05, 0) is 86.5 Å². The third kappa shape index (κ3) is 2.43. The zero-order valence-corrected chi connectivity index (χ0v) is 16.2. The van der Waals surface area contributed by atoms with Gasteiger partial charge >= 0.3 is 0 Å². The Morgan fingerprint density at radius 1 is 1.08 bits per heavy atom. The van der Waals surface area contributed by atoms with Gasteiger partial charge in [-0.3, -0.25) is 9.59 Å². The van der Waals surface area contributed by atoms with E-state index >= 15 is 0 Å². The number of hydrogen-bond donors (Lipinski definition) is 0. The summed E-state index contributed by atoms with van der Waals surface area (Å²) >= 11 is 0. The van der Waals surface area contributed by atoms with Crippen LogP contribution in [0.5, 0.6) is 0 Å². The number of allylic oxidation sites excluding steroid dienone is 3. The molecule has 6 atom stereocenters. The van der Waals surface area contributed by atoms with Crippen LogP contribution in [0.15, 0.2) is 23.3 Å². The molecule has 4 aliphatic rings. The largest absolute Gasteiger partial charge is 0.295 e. The molecule has 3 saturated carbocycles. The maximum absolute atomic E-state index is 13.0. The molecule has 25 heavy (non-hydrogen) atoms. The van der Waals surface area contributed by atoms with Gasteiger partial charge in [-0.15, -0.1) is 0 Å². The Morgan fingerprint density at radius 2 is 1.84 bits per heavy atom. The van der Waals surface area contributed by atoms with E-state index < -0.39 is 0 Å². The number of carbonyl (C=O) groups excluding carboxylic acids is 2. The van der Waals surface area contributed by atoms with E-state index in [1.54, 1.807) is 6.08 Å². The van der Waals surface area contributed by atoms with E-state index in [4.69, 9.17) is 0 Å². The first-order valence-corrected chi connectivity index (χ1v) is 10.2. The summed E-state index contributed by atoms with van der Waals surface area (Å²) in [4.78, 5) is 24.9. The molecule has 0 aliphatic heterocycles. The third-order valence-electron chi connectivity index (χ3n) is 8.40. The van der Waals surface area contributed by atoms with Crippen molar-refractivity contribution in [2.24, 2.45) is 34.5 Å². The van der Waals surface area contributed by atoms with Crippen molar-refractivity contribution >= 4 is 11.6 Å². The second kappa shape index (κ2) is 5.66. The Morgan fingerprint density at radius 3 is 2.56 bits per heavy atom. The molecule has 0 saturated heterocycles. The van der Waals surface area contributed by atoms with Crippen LogP contribution in [0.1, 0.15) is 72.6 Å². The Labute approximate surface area is 152 Å². The summed E-state index contributed by atoms with van der Waals surface area (Å²) in [5.74, 6) is 2.89. The predicted molar refractivity (Wildman–Crippen MR) is 100 cm³/mol. The van der Waals surface area contributed by atoms with Gasteiger partial charge in [0.05, 0.1) is 0 Å². The topological polar surface area (TPSA) is 34.1 Å². The average molecular weight is 341 g/mol. The fourth-order valence-electron chi connectivity index (χ4n) is 7.10. The quantitative estimate of drug-likeness (QED) is 0.609. The van der Waals surface area contributed by atoms with Crippen LogP contribution in [0, 0.1) is 34.5 Å². The number of hydrogen-bond acceptors (Lipinski definition) is 2. The van der Waals surface area contributed by atoms with Gasteiger partial charge in [-0.1, -0.05) is 25.5 Å². The smallest absolute Gasteiger partial charge is 0.159 e. The molecule has 0 radical (unpaired) electrons. The second-order valence-electron chi connectivity index (χ2n) is 9.92. The van der Waals surface area contributed by atoms with Crippen molar-refractivity contribution in [2.75, 3.05) is 0 Å². The summed E-state index contributed by atoms with van der Waals surface area (Å²) in [6.45, 7) is 9.20. The van der Waals surface area contributed by atoms with E-state index in [-0.39, 0.29) is 17.0 Å². The summed E-state index contributed by atoms with van der Waals surface area (Å²) in [5.41, 5.74) is 2.61. The SMILES string of the molecule is CC(C)=C[C@H]1CC[C@H]2[C@@H]3CC(=O)C4=CC(=O)CC[C@]4(C)[C@H]3CC[C@]12C. The minimum atomic E-state index is -0.0517. The molecule has 0 heterocycles. The van der Waals surface area contributed by atoms with Gasteiger partial charge in [-0.25, -0.2) is 0 Å². The fourth-order valence-corrected chi connectivity index (χ4v) is 7.10. The minimum absolute atomic E-state index is 0.0517. The van der Waals surface area contributed by atoms with Gasteiger partial charge in [0.1, 0.15) is 0 Å². The van der Waals surface area contributed by atoms with Crippen molar-refractivity contribution in [3.05, 3.63) is 23.3 Å². The predicted octanol–water partition coefficient (Wildman–Crippen LogP) is 5.28. The molecule has 0 N–H and O–H groups in total. The van der Waals surface area contributed by atoms with E-state index in [1.807, 2.05) is 0 Å². The van der Waals surface area contributed by atoms with E-state index in [9.17, 15) is 9.59 Å². The van der Waals surface area contributed by atoms with Crippen LogP contribution in [0.4, 0.5) is 0 Å². The molecule has 0 spiro atoms. The van der Waals surface area contributed by atoms with Crippen molar-refractivity contribution in [2.45, 2.75) is 72.6 Å². The zero-order valence-electron chi connectivity index (χ0n) is 16.2. The highest BCUT2D eigenvalue weighted by Gasteiger charge is 2.60. The monoisotopic (exact) mass is 340 g/mol. The van der Waals surface area contributed by atoms with Crippen LogP contribution < -0.4 is 0 Å². The molecule has 0 aromatic rings. The summed E-state index contributed by atoms with van der Waals surface area (Å²) < 4.78 is 0. The summed E-state index contributed by atoms with van der Waals surface area (Å²) in [6.07, 6.45) is 11.4. The van der Waals surface area contributed by atoms with Gasteiger partial charge in [0, 0.05) is 18.4 Å². The molecule has 4 aliphatic carbocycles. The third-order valence-corrected chi connectivity index (χ3v) is 8.40.